The molecule has 0 aliphatic heterocycles. The van der Waals surface area contributed by atoms with Crippen LogP contribution in [0.25, 0.3) is 0 Å². The number of imidazole rings is 1. The summed E-state index contributed by atoms with van der Waals surface area (Å²) in [6, 6.07) is 9.37. The summed E-state index contributed by atoms with van der Waals surface area (Å²) in [5.74, 6) is 0.812. The van der Waals surface area contributed by atoms with E-state index in [-0.39, 0.29) is 18.6 Å². The Kier molecular flexibility index (Phi) is 5.55. The summed E-state index contributed by atoms with van der Waals surface area (Å²) in [5.41, 5.74) is 1.01. The number of amides is 2. The number of aromatic amines is 1. The van der Waals surface area contributed by atoms with E-state index >= 15 is 0 Å². The van der Waals surface area contributed by atoms with E-state index in [9.17, 15) is 9.90 Å². The molecule has 0 spiro atoms. The van der Waals surface area contributed by atoms with Crippen molar-refractivity contribution in [3.8, 4) is 0 Å². The molecule has 2 atom stereocenters. The van der Waals surface area contributed by atoms with Gasteiger partial charge in [0.05, 0.1) is 12.1 Å². The molecule has 1 aromatic heterocycles. The molecule has 118 valence electrons. The maximum absolute atomic E-state index is 12.3. The lowest BCUT2D eigenvalue weighted by Crippen LogP contribution is -2.42. The molecule has 1 aromatic carbocycles. The summed E-state index contributed by atoms with van der Waals surface area (Å²) < 4.78 is 0. The van der Waals surface area contributed by atoms with Crippen molar-refractivity contribution in [2.24, 2.45) is 0 Å². The molecule has 22 heavy (non-hydrogen) atoms. The van der Waals surface area contributed by atoms with Gasteiger partial charge < -0.3 is 20.3 Å². The molecule has 6 nitrogen and oxygen atoms in total. The molecule has 6 heteroatoms. The van der Waals surface area contributed by atoms with Crippen molar-refractivity contribution >= 4 is 6.03 Å². The van der Waals surface area contributed by atoms with Crippen LogP contribution in [0.1, 0.15) is 24.4 Å². The van der Waals surface area contributed by atoms with Crippen LogP contribution in [0.3, 0.4) is 0 Å². The van der Waals surface area contributed by atoms with Crippen LogP contribution < -0.4 is 5.32 Å². The van der Waals surface area contributed by atoms with E-state index < -0.39 is 6.10 Å². The van der Waals surface area contributed by atoms with Gasteiger partial charge in [-0.3, -0.25) is 0 Å². The second-order valence-corrected chi connectivity index (χ2v) is 5.38. The van der Waals surface area contributed by atoms with Crippen molar-refractivity contribution in [3.63, 3.8) is 0 Å². The molecule has 0 aliphatic carbocycles. The first-order chi connectivity index (χ1) is 10.6. The number of likely N-dealkylation sites (N-methyl/N-ethyl adjacent to an activating group) is 1. The van der Waals surface area contributed by atoms with E-state index in [1.54, 1.807) is 26.4 Å². The number of hydrogen-bond donors (Lipinski definition) is 3. The number of carbonyl (C=O) groups is 1. The lowest BCUT2D eigenvalue weighted by atomic mass is 10.0. The van der Waals surface area contributed by atoms with E-state index in [1.807, 2.05) is 30.3 Å². The van der Waals surface area contributed by atoms with E-state index in [0.29, 0.717) is 6.42 Å². The minimum atomic E-state index is -0.559. The molecular weight excluding hydrogens is 280 g/mol. The van der Waals surface area contributed by atoms with Gasteiger partial charge in [0.1, 0.15) is 5.82 Å². The number of aromatic nitrogens is 2. The Morgan fingerprint density at radius 1 is 1.41 bits per heavy atom. The lowest BCUT2D eigenvalue weighted by molar-refractivity contribution is 0.142. The fourth-order valence-corrected chi connectivity index (χ4v) is 2.28. The van der Waals surface area contributed by atoms with Crippen molar-refractivity contribution in [3.05, 3.63) is 54.1 Å². The molecule has 3 N–H and O–H groups in total. The Morgan fingerprint density at radius 2 is 2.14 bits per heavy atom. The first-order valence-electron chi connectivity index (χ1n) is 7.29. The molecule has 0 radical (unpaired) electrons. The van der Waals surface area contributed by atoms with Crippen LogP contribution in [0.5, 0.6) is 0 Å². The average Bonchev–Trinajstić information content (AvgIpc) is 2.99. The van der Waals surface area contributed by atoms with Crippen LogP contribution in [0.4, 0.5) is 4.79 Å². The third kappa shape index (κ3) is 4.60. The monoisotopic (exact) mass is 302 g/mol. The largest absolute Gasteiger partial charge is 0.392 e. The molecule has 0 bridgehead atoms. The molecule has 0 aliphatic rings. The summed E-state index contributed by atoms with van der Waals surface area (Å²) in [7, 11) is 1.66. The van der Waals surface area contributed by atoms with Gasteiger partial charge in [0.25, 0.3) is 0 Å². The lowest BCUT2D eigenvalue weighted by Gasteiger charge is -2.24. The van der Waals surface area contributed by atoms with Crippen LogP contribution in [0.2, 0.25) is 0 Å². The minimum absolute atomic E-state index is 0.184. The number of nitrogens with one attached hydrogen (secondary N) is 2. The molecule has 0 saturated carbocycles. The van der Waals surface area contributed by atoms with Gasteiger partial charge in [-0.15, -0.1) is 0 Å². The Balaban J connectivity index is 2.09. The molecule has 0 unspecified atom stereocenters. The second-order valence-electron chi connectivity index (χ2n) is 5.38. The zero-order chi connectivity index (χ0) is 15.9. The molecule has 2 aromatic rings. The maximum Gasteiger partial charge on any atom is 0.317 e. The summed E-state index contributed by atoms with van der Waals surface area (Å²) in [5, 5.41) is 12.4. The highest BCUT2D eigenvalue weighted by atomic mass is 16.3. The van der Waals surface area contributed by atoms with Crippen LogP contribution in [0, 0.1) is 0 Å². The predicted molar refractivity (Wildman–Crippen MR) is 84.3 cm³/mol. The van der Waals surface area contributed by atoms with Crippen molar-refractivity contribution in [1.82, 2.24) is 20.2 Å². The van der Waals surface area contributed by atoms with Gasteiger partial charge >= 0.3 is 6.03 Å². The van der Waals surface area contributed by atoms with Crippen molar-refractivity contribution in [2.45, 2.75) is 25.5 Å². The van der Waals surface area contributed by atoms with E-state index in [2.05, 4.69) is 15.3 Å². The van der Waals surface area contributed by atoms with Gasteiger partial charge in [-0.1, -0.05) is 30.3 Å². The van der Waals surface area contributed by atoms with Crippen LogP contribution in [-0.2, 0) is 6.42 Å². The standard InChI is InChI=1S/C16H22N4O2/c1-12(21)11-20(2)16(22)19-14(10-15-17-8-9-18-15)13-6-4-3-5-7-13/h3-9,12,14,21H,10-11H2,1-2H3,(H,17,18)(H,19,22)/t12-,14-/m1/s1. The Bertz CT molecular complexity index is 569. The number of carbonyl (C=O) groups excluding carboxylic acids is 1. The Hall–Kier alpha value is -2.34. The van der Waals surface area contributed by atoms with Gasteiger partial charge in [-0.25, -0.2) is 9.78 Å². The summed E-state index contributed by atoms with van der Waals surface area (Å²) in [4.78, 5) is 21.0. The predicted octanol–water partition coefficient (Wildman–Crippen LogP) is 1.72. The number of aliphatic hydroxyl groups excluding tert-OH is 1. The van der Waals surface area contributed by atoms with Gasteiger partial charge in [-0.05, 0) is 12.5 Å². The first-order valence-corrected chi connectivity index (χ1v) is 7.29. The van der Waals surface area contributed by atoms with Crippen molar-refractivity contribution in [2.75, 3.05) is 13.6 Å². The number of nitrogens with zero attached hydrogens (tertiary/aromatic N) is 2. The van der Waals surface area contributed by atoms with E-state index in [1.165, 1.54) is 4.90 Å². The number of urea groups is 1. The molecule has 1 heterocycles. The van der Waals surface area contributed by atoms with Gasteiger partial charge in [0.15, 0.2) is 0 Å². The molecule has 0 saturated heterocycles. The van der Waals surface area contributed by atoms with Crippen LogP contribution >= 0.6 is 0 Å². The Morgan fingerprint density at radius 3 is 2.73 bits per heavy atom. The summed E-state index contributed by atoms with van der Waals surface area (Å²) >= 11 is 0. The Labute approximate surface area is 130 Å². The first kappa shape index (κ1) is 16.0. The number of hydrogen-bond acceptors (Lipinski definition) is 3. The average molecular weight is 302 g/mol. The normalized spacial score (nSPS) is 13.4. The third-order valence-corrected chi connectivity index (χ3v) is 3.34. The quantitative estimate of drug-likeness (QED) is 0.760. The van der Waals surface area contributed by atoms with Crippen molar-refractivity contribution < 1.29 is 9.90 Å². The van der Waals surface area contributed by atoms with Crippen molar-refractivity contribution in [1.29, 1.82) is 0 Å². The maximum atomic E-state index is 12.3. The molecule has 2 rings (SSSR count). The van der Waals surface area contributed by atoms with Gasteiger partial charge in [0, 0.05) is 32.4 Å². The zero-order valence-electron chi connectivity index (χ0n) is 12.9. The SMILES string of the molecule is C[C@@H](O)CN(C)C(=O)N[C@H](Cc1ncc[nH]1)c1ccccc1. The van der Waals surface area contributed by atoms with Crippen LogP contribution in [0.15, 0.2) is 42.7 Å². The topological polar surface area (TPSA) is 81.2 Å². The highest BCUT2D eigenvalue weighted by Crippen LogP contribution is 2.17. The second kappa shape index (κ2) is 7.61. The fourth-order valence-electron chi connectivity index (χ4n) is 2.28. The fraction of sp³-hybridized carbons (Fsp3) is 0.375. The van der Waals surface area contributed by atoms with E-state index in [4.69, 9.17) is 0 Å². The number of H-pyrrole nitrogens is 1. The summed E-state index contributed by atoms with van der Waals surface area (Å²) in [6.45, 7) is 1.94. The molecule has 0 fully saturated rings. The zero-order valence-corrected chi connectivity index (χ0v) is 12.9. The van der Waals surface area contributed by atoms with Gasteiger partial charge in [-0.2, -0.15) is 0 Å². The van der Waals surface area contributed by atoms with Gasteiger partial charge in [0.2, 0.25) is 0 Å². The molecular formula is C16H22N4O2. The number of rotatable bonds is 6. The third-order valence-electron chi connectivity index (χ3n) is 3.34. The van der Waals surface area contributed by atoms with E-state index in [0.717, 1.165) is 11.4 Å². The highest BCUT2D eigenvalue weighted by molar-refractivity contribution is 5.74. The highest BCUT2D eigenvalue weighted by Gasteiger charge is 2.19. The smallest absolute Gasteiger partial charge is 0.317 e. The molecule has 2 amide bonds. The number of benzene rings is 1. The van der Waals surface area contributed by atoms with Crippen LogP contribution in [-0.4, -0.2) is 45.7 Å². The number of aliphatic hydroxyl groups is 1. The minimum Gasteiger partial charge on any atom is -0.392 e. The summed E-state index contributed by atoms with van der Waals surface area (Å²) in [6.07, 6.45) is 3.47.